The number of allylic oxidation sites excluding steroid dienone is 1. The molecule has 0 saturated heterocycles. The standard InChI is InChI=1S/C14H13NO3/c1-18-12(16)9-6-7-14(8-9)10-4-2-3-5-11(10)15-13(14)17/h2-6H,7-8H2,1H3,(H,15,17)/t14-/m1/s1. The van der Waals surface area contributed by atoms with E-state index in [-0.39, 0.29) is 11.9 Å². The van der Waals surface area contributed by atoms with E-state index in [4.69, 9.17) is 4.74 Å². The summed E-state index contributed by atoms with van der Waals surface area (Å²) in [6, 6.07) is 7.64. The first-order valence-electron chi connectivity index (χ1n) is 5.86. The van der Waals surface area contributed by atoms with Crippen LogP contribution in [0.3, 0.4) is 0 Å². The Morgan fingerprint density at radius 2 is 2.17 bits per heavy atom. The predicted octanol–water partition coefficient (Wildman–Crippen LogP) is 1.77. The average molecular weight is 243 g/mol. The van der Waals surface area contributed by atoms with Crippen molar-refractivity contribution in [2.45, 2.75) is 18.3 Å². The van der Waals surface area contributed by atoms with Crippen LogP contribution >= 0.6 is 0 Å². The number of carbonyl (C=O) groups excluding carboxylic acids is 2. The van der Waals surface area contributed by atoms with Gasteiger partial charge in [0.2, 0.25) is 5.91 Å². The number of fused-ring (bicyclic) bond motifs is 2. The lowest BCUT2D eigenvalue weighted by molar-refractivity contribution is -0.136. The molecule has 1 spiro atoms. The summed E-state index contributed by atoms with van der Waals surface area (Å²) >= 11 is 0. The van der Waals surface area contributed by atoms with E-state index < -0.39 is 5.41 Å². The second kappa shape index (κ2) is 3.70. The molecule has 1 aliphatic heterocycles. The van der Waals surface area contributed by atoms with E-state index >= 15 is 0 Å². The van der Waals surface area contributed by atoms with Gasteiger partial charge in [0.1, 0.15) is 0 Å². The van der Waals surface area contributed by atoms with Crippen molar-refractivity contribution in [3.8, 4) is 0 Å². The molecule has 3 rings (SSSR count). The molecule has 92 valence electrons. The van der Waals surface area contributed by atoms with Crippen LogP contribution in [0.25, 0.3) is 0 Å². The highest BCUT2D eigenvalue weighted by atomic mass is 16.5. The molecular formula is C14H13NO3. The molecule has 1 atom stereocenters. The van der Waals surface area contributed by atoms with Crippen LogP contribution in [0.1, 0.15) is 18.4 Å². The second-order valence-electron chi connectivity index (χ2n) is 4.68. The van der Waals surface area contributed by atoms with Crippen LogP contribution in [-0.4, -0.2) is 19.0 Å². The van der Waals surface area contributed by atoms with Crippen LogP contribution in [0.15, 0.2) is 35.9 Å². The number of nitrogens with one attached hydrogen (secondary N) is 1. The van der Waals surface area contributed by atoms with Crippen molar-refractivity contribution >= 4 is 17.6 Å². The molecule has 0 radical (unpaired) electrons. The monoisotopic (exact) mass is 243 g/mol. The SMILES string of the molecule is COC(=O)C1=CC[C@]2(C1)C(=O)Nc1ccccc12. The summed E-state index contributed by atoms with van der Waals surface area (Å²) in [4.78, 5) is 23.8. The Labute approximate surface area is 105 Å². The highest BCUT2D eigenvalue weighted by Gasteiger charge is 2.49. The van der Waals surface area contributed by atoms with Crippen molar-refractivity contribution in [3.63, 3.8) is 0 Å². The smallest absolute Gasteiger partial charge is 0.333 e. The molecule has 1 amide bonds. The molecule has 0 bridgehead atoms. The zero-order valence-electron chi connectivity index (χ0n) is 10.0. The number of carbonyl (C=O) groups is 2. The number of benzene rings is 1. The molecular weight excluding hydrogens is 230 g/mol. The van der Waals surface area contributed by atoms with E-state index in [2.05, 4.69) is 5.32 Å². The largest absolute Gasteiger partial charge is 0.466 e. The Balaban J connectivity index is 2.00. The molecule has 1 aromatic rings. The van der Waals surface area contributed by atoms with Crippen molar-refractivity contribution in [2.75, 3.05) is 12.4 Å². The Hall–Kier alpha value is -2.10. The van der Waals surface area contributed by atoms with Gasteiger partial charge in [-0.05, 0) is 24.5 Å². The van der Waals surface area contributed by atoms with Crippen LogP contribution in [0.4, 0.5) is 5.69 Å². The summed E-state index contributed by atoms with van der Waals surface area (Å²) in [6.45, 7) is 0. The number of esters is 1. The Kier molecular flexibility index (Phi) is 2.26. The second-order valence-corrected chi connectivity index (χ2v) is 4.68. The van der Waals surface area contributed by atoms with Crippen LogP contribution in [0.2, 0.25) is 0 Å². The number of para-hydroxylation sites is 1. The zero-order valence-corrected chi connectivity index (χ0v) is 10.0. The third-order valence-corrected chi connectivity index (χ3v) is 3.76. The van der Waals surface area contributed by atoms with Gasteiger partial charge in [0.25, 0.3) is 0 Å². The average Bonchev–Trinajstić information content (AvgIpc) is 2.94. The quantitative estimate of drug-likeness (QED) is 0.765. The van der Waals surface area contributed by atoms with Gasteiger partial charge >= 0.3 is 5.97 Å². The van der Waals surface area contributed by atoms with E-state index in [1.54, 1.807) is 0 Å². The van der Waals surface area contributed by atoms with Crippen LogP contribution in [0, 0.1) is 0 Å². The van der Waals surface area contributed by atoms with Crippen molar-refractivity contribution in [1.82, 2.24) is 0 Å². The molecule has 1 N–H and O–H groups in total. The summed E-state index contributed by atoms with van der Waals surface area (Å²) in [5.74, 6) is -0.372. The molecule has 1 aliphatic carbocycles. The van der Waals surface area contributed by atoms with Crippen molar-refractivity contribution in [2.24, 2.45) is 0 Å². The maximum atomic E-state index is 12.2. The molecule has 0 unspecified atom stereocenters. The third-order valence-electron chi connectivity index (χ3n) is 3.76. The number of rotatable bonds is 1. The van der Waals surface area contributed by atoms with Crippen molar-refractivity contribution in [1.29, 1.82) is 0 Å². The number of hydrogen-bond donors (Lipinski definition) is 1. The molecule has 0 saturated carbocycles. The Morgan fingerprint density at radius 3 is 2.94 bits per heavy atom. The zero-order chi connectivity index (χ0) is 12.8. The van der Waals surface area contributed by atoms with Gasteiger partial charge in [-0.25, -0.2) is 4.79 Å². The third kappa shape index (κ3) is 1.32. The topological polar surface area (TPSA) is 55.4 Å². The molecule has 4 nitrogen and oxygen atoms in total. The normalized spacial score (nSPS) is 24.7. The molecule has 0 fully saturated rings. The van der Waals surface area contributed by atoms with E-state index in [1.807, 2.05) is 30.3 Å². The van der Waals surface area contributed by atoms with Crippen LogP contribution < -0.4 is 5.32 Å². The van der Waals surface area contributed by atoms with Gasteiger partial charge in [0.15, 0.2) is 0 Å². The number of hydrogen-bond acceptors (Lipinski definition) is 3. The van der Waals surface area contributed by atoms with E-state index in [0.717, 1.165) is 11.3 Å². The van der Waals surface area contributed by atoms with Crippen molar-refractivity contribution in [3.05, 3.63) is 41.5 Å². The summed E-state index contributed by atoms with van der Waals surface area (Å²) < 4.78 is 4.72. The number of methoxy groups -OCH3 is 1. The van der Waals surface area contributed by atoms with Crippen LogP contribution in [-0.2, 0) is 19.7 Å². The first kappa shape index (κ1) is 11.0. The van der Waals surface area contributed by atoms with E-state index in [0.29, 0.717) is 18.4 Å². The Bertz CT molecular complexity index is 576. The lowest BCUT2D eigenvalue weighted by atomic mass is 9.78. The molecule has 2 aliphatic rings. The summed E-state index contributed by atoms with van der Waals surface area (Å²) in [5.41, 5.74) is 1.80. The lowest BCUT2D eigenvalue weighted by Crippen LogP contribution is -2.32. The lowest BCUT2D eigenvalue weighted by Gasteiger charge is -2.21. The number of amides is 1. The molecule has 1 heterocycles. The number of ether oxygens (including phenoxy) is 1. The highest BCUT2D eigenvalue weighted by molar-refractivity contribution is 6.08. The van der Waals surface area contributed by atoms with Gasteiger partial charge in [-0.3, -0.25) is 4.79 Å². The highest BCUT2D eigenvalue weighted by Crippen LogP contribution is 2.48. The fraction of sp³-hybridized carbons (Fsp3) is 0.286. The van der Waals surface area contributed by atoms with Gasteiger partial charge in [0.05, 0.1) is 12.5 Å². The summed E-state index contributed by atoms with van der Waals surface area (Å²) in [5, 5.41) is 2.88. The first-order chi connectivity index (χ1) is 8.67. The minimum absolute atomic E-state index is 0.0288. The molecule has 0 aromatic heterocycles. The van der Waals surface area contributed by atoms with Gasteiger partial charge in [0, 0.05) is 11.3 Å². The van der Waals surface area contributed by atoms with E-state index in [1.165, 1.54) is 7.11 Å². The summed E-state index contributed by atoms with van der Waals surface area (Å²) in [7, 11) is 1.36. The number of anilines is 1. The minimum Gasteiger partial charge on any atom is -0.466 e. The maximum Gasteiger partial charge on any atom is 0.333 e. The predicted molar refractivity (Wildman–Crippen MR) is 66.1 cm³/mol. The Morgan fingerprint density at radius 1 is 1.39 bits per heavy atom. The maximum absolute atomic E-state index is 12.2. The summed E-state index contributed by atoms with van der Waals surface area (Å²) in [6.07, 6.45) is 2.79. The first-order valence-corrected chi connectivity index (χ1v) is 5.86. The van der Waals surface area contributed by atoms with Crippen LogP contribution in [0.5, 0.6) is 0 Å². The van der Waals surface area contributed by atoms with Gasteiger partial charge in [-0.2, -0.15) is 0 Å². The van der Waals surface area contributed by atoms with Gasteiger partial charge in [-0.15, -0.1) is 0 Å². The van der Waals surface area contributed by atoms with Gasteiger partial charge in [-0.1, -0.05) is 24.3 Å². The van der Waals surface area contributed by atoms with E-state index in [9.17, 15) is 9.59 Å². The molecule has 4 heteroatoms. The van der Waals surface area contributed by atoms with Crippen molar-refractivity contribution < 1.29 is 14.3 Å². The fourth-order valence-electron chi connectivity index (χ4n) is 2.81. The minimum atomic E-state index is -0.611. The fourth-order valence-corrected chi connectivity index (χ4v) is 2.81. The molecule has 1 aromatic carbocycles. The van der Waals surface area contributed by atoms with Gasteiger partial charge < -0.3 is 10.1 Å². The molecule has 18 heavy (non-hydrogen) atoms.